The van der Waals surface area contributed by atoms with Crippen LogP contribution < -0.4 is 9.80 Å². The summed E-state index contributed by atoms with van der Waals surface area (Å²) in [4.78, 5) is 28.4. The van der Waals surface area contributed by atoms with Gasteiger partial charge < -0.3 is 19.4 Å². The predicted molar refractivity (Wildman–Crippen MR) is 146 cm³/mol. The zero-order chi connectivity index (χ0) is 24.9. The molecule has 36 heavy (non-hydrogen) atoms. The van der Waals surface area contributed by atoms with Gasteiger partial charge in [-0.3, -0.25) is 4.79 Å². The molecule has 5 rings (SSSR count). The van der Waals surface area contributed by atoms with Crippen LogP contribution in [0.2, 0.25) is 10.2 Å². The number of halogens is 2. The average molecular weight is 545 g/mol. The summed E-state index contributed by atoms with van der Waals surface area (Å²) in [5.41, 5.74) is 2.81. The summed E-state index contributed by atoms with van der Waals surface area (Å²) in [6.45, 7) is 5.81. The molecule has 0 saturated carbocycles. The van der Waals surface area contributed by atoms with Crippen molar-refractivity contribution in [1.29, 1.82) is 0 Å². The number of hydrogen-bond donors (Lipinski definition) is 0. The van der Waals surface area contributed by atoms with E-state index in [9.17, 15) is 4.79 Å². The number of carbonyl (C=O) groups is 1. The van der Waals surface area contributed by atoms with Gasteiger partial charge in [0.2, 0.25) is 0 Å². The number of amides is 1. The summed E-state index contributed by atoms with van der Waals surface area (Å²) in [5.74, 6) is 1.58. The number of anilines is 2. The standard InChI is InChI=1S/C26H27Cl2N5O2S/c27-21-3-1-2-4-22(21)31-9-11-33(12-10-31)25(34)20-7-5-19(6-8-20)18-36-26-29-23(28)17-24(30-26)32-13-15-35-16-14-32/h1-8,17H,9-16,18H2. The molecular formula is C26H27Cl2N5O2S. The van der Waals surface area contributed by atoms with E-state index in [1.54, 1.807) is 6.07 Å². The second kappa shape index (κ2) is 11.7. The molecular weight excluding hydrogens is 517 g/mol. The van der Waals surface area contributed by atoms with Crippen LogP contribution >= 0.6 is 35.0 Å². The van der Waals surface area contributed by atoms with E-state index >= 15 is 0 Å². The Kier molecular flexibility index (Phi) is 8.16. The molecule has 0 N–H and O–H groups in total. The van der Waals surface area contributed by atoms with E-state index in [0.717, 1.165) is 48.3 Å². The molecule has 1 amide bonds. The molecule has 2 aromatic carbocycles. The van der Waals surface area contributed by atoms with Crippen LogP contribution in [0.1, 0.15) is 15.9 Å². The molecule has 3 aromatic rings. The quantitative estimate of drug-likeness (QED) is 0.249. The molecule has 0 bridgehead atoms. The normalized spacial score (nSPS) is 16.3. The monoisotopic (exact) mass is 543 g/mol. The molecule has 1 aromatic heterocycles. The molecule has 2 aliphatic heterocycles. The van der Waals surface area contributed by atoms with E-state index in [4.69, 9.17) is 27.9 Å². The lowest BCUT2D eigenvalue weighted by Crippen LogP contribution is -2.48. The molecule has 0 aliphatic carbocycles. The zero-order valence-electron chi connectivity index (χ0n) is 19.8. The first-order chi connectivity index (χ1) is 17.6. The van der Waals surface area contributed by atoms with E-state index < -0.39 is 0 Å². The van der Waals surface area contributed by atoms with Crippen molar-refractivity contribution in [2.24, 2.45) is 0 Å². The van der Waals surface area contributed by atoms with Crippen molar-refractivity contribution >= 4 is 52.4 Å². The molecule has 2 aliphatic rings. The lowest BCUT2D eigenvalue weighted by Gasteiger charge is -2.36. The Morgan fingerprint density at radius 3 is 2.33 bits per heavy atom. The second-order valence-electron chi connectivity index (χ2n) is 8.65. The van der Waals surface area contributed by atoms with Gasteiger partial charge in [-0.05, 0) is 29.8 Å². The van der Waals surface area contributed by atoms with Crippen molar-refractivity contribution in [3.05, 3.63) is 75.9 Å². The van der Waals surface area contributed by atoms with Crippen LogP contribution in [0.5, 0.6) is 0 Å². The fraction of sp³-hybridized carbons (Fsp3) is 0.346. The first kappa shape index (κ1) is 25.1. The van der Waals surface area contributed by atoms with Crippen molar-refractivity contribution in [1.82, 2.24) is 14.9 Å². The van der Waals surface area contributed by atoms with Gasteiger partial charge in [-0.15, -0.1) is 0 Å². The van der Waals surface area contributed by atoms with E-state index in [0.29, 0.717) is 47.9 Å². The van der Waals surface area contributed by atoms with Crippen LogP contribution in [0, 0.1) is 0 Å². The third-order valence-corrected chi connectivity index (χ3v) is 7.76. The highest BCUT2D eigenvalue weighted by Crippen LogP contribution is 2.27. The average Bonchev–Trinajstić information content (AvgIpc) is 2.92. The zero-order valence-corrected chi connectivity index (χ0v) is 22.1. The fourth-order valence-corrected chi connectivity index (χ4v) is 5.63. The van der Waals surface area contributed by atoms with E-state index in [1.165, 1.54) is 11.8 Å². The summed E-state index contributed by atoms with van der Waals surface area (Å²) in [7, 11) is 0. The molecule has 0 atom stereocenters. The first-order valence-electron chi connectivity index (χ1n) is 11.9. The number of thioether (sulfide) groups is 1. The number of hydrogen-bond acceptors (Lipinski definition) is 7. The number of piperazine rings is 1. The van der Waals surface area contributed by atoms with Crippen molar-refractivity contribution < 1.29 is 9.53 Å². The third-order valence-electron chi connectivity index (χ3n) is 6.32. The summed E-state index contributed by atoms with van der Waals surface area (Å²) in [6.07, 6.45) is 0. The van der Waals surface area contributed by atoms with Crippen molar-refractivity contribution in [3.8, 4) is 0 Å². The molecule has 2 saturated heterocycles. The third kappa shape index (κ3) is 6.06. The van der Waals surface area contributed by atoms with Crippen LogP contribution in [-0.4, -0.2) is 73.3 Å². The van der Waals surface area contributed by atoms with Crippen LogP contribution in [0.4, 0.5) is 11.5 Å². The molecule has 188 valence electrons. The van der Waals surface area contributed by atoms with Gasteiger partial charge in [0.05, 0.1) is 23.9 Å². The predicted octanol–water partition coefficient (Wildman–Crippen LogP) is 4.87. The summed E-state index contributed by atoms with van der Waals surface area (Å²) >= 11 is 14.1. The fourth-order valence-electron chi connectivity index (χ4n) is 4.34. The molecule has 2 fully saturated rings. The number of para-hydroxylation sites is 1. The summed E-state index contributed by atoms with van der Waals surface area (Å²) < 4.78 is 5.42. The highest BCUT2D eigenvalue weighted by molar-refractivity contribution is 7.98. The Bertz CT molecular complexity index is 1200. The molecule has 7 nitrogen and oxygen atoms in total. The first-order valence-corrected chi connectivity index (χ1v) is 13.7. The molecule has 10 heteroatoms. The molecule has 0 unspecified atom stereocenters. The smallest absolute Gasteiger partial charge is 0.253 e. The van der Waals surface area contributed by atoms with Crippen molar-refractivity contribution in [3.63, 3.8) is 0 Å². The highest BCUT2D eigenvalue weighted by Gasteiger charge is 2.23. The number of rotatable bonds is 6. The summed E-state index contributed by atoms with van der Waals surface area (Å²) in [5, 5.41) is 1.82. The number of benzene rings is 2. The SMILES string of the molecule is O=C(c1ccc(CSc2nc(Cl)cc(N3CCOCC3)n2)cc1)N1CCN(c2ccccc2Cl)CC1. The Balaban J connectivity index is 1.16. The maximum atomic E-state index is 13.1. The van der Waals surface area contributed by atoms with Gasteiger partial charge in [0.1, 0.15) is 11.0 Å². The Morgan fingerprint density at radius 1 is 0.889 bits per heavy atom. The van der Waals surface area contributed by atoms with Gasteiger partial charge in [0, 0.05) is 56.7 Å². The summed E-state index contributed by atoms with van der Waals surface area (Å²) in [6, 6.07) is 17.4. The number of ether oxygens (including phenoxy) is 1. The van der Waals surface area contributed by atoms with Crippen LogP contribution in [0.15, 0.2) is 59.8 Å². The lowest BCUT2D eigenvalue weighted by molar-refractivity contribution is 0.0747. The number of aromatic nitrogens is 2. The Labute approximate surface area is 225 Å². The minimum atomic E-state index is 0.0568. The highest BCUT2D eigenvalue weighted by atomic mass is 35.5. The van der Waals surface area contributed by atoms with E-state index in [1.807, 2.05) is 53.4 Å². The van der Waals surface area contributed by atoms with Crippen molar-refractivity contribution in [2.75, 3.05) is 62.3 Å². The van der Waals surface area contributed by atoms with Crippen LogP contribution in [-0.2, 0) is 10.5 Å². The number of carbonyl (C=O) groups excluding carboxylic acids is 1. The van der Waals surface area contributed by atoms with E-state index in [2.05, 4.69) is 19.8 Å². The van der Waals surface area contributed by atoms with Gasteiger partial charge in [-0.2, -0.15) is 0 Å². The number of morpholine rings is 1. The molecule has 0 radical (unpaired) electrons. The van der Waals surface area contributed by atoms with Crippen molar-refractivity contribution in [2.45, 2.75) is 10.9 Å². The lowest BCUT2D eigenvalue weighted by atomic mass is 10.1. The number of nitrogens with zero attached hydrogens (tertiary/aromatic N) is 5. The Morgan fingerprint density at radius 2 is 1.61 bits per heavy atom. The van der Waals surface area contributed by atoms with Gasteiger partial charge in [-0.1, -0.05) is 59.2 Å². The minimum Gasteiger partial charge on any atom is -0.378 e. The maximum absolute atomic E-state index is 13.1. The maximum Gasteiger partial charge on any atom is 0.253 e. The van der Waals surface area contributed by atoms with Crippen LogP contribution in [0.25, 0.3) is 0 Å². The van der Waals surface area contributed by atoms with Gasteiger partial charge in [0.25, 0.3) is 5.91 Å². The Hall–Kier alpha value is -2.52. The van der Waals surface area contributed by atoms with Gasteiger partial charge >= 0.3 is 0 Å². The minimum absolute atomic E-state index is 0.0568. The van der Waals surface area contributed by atoms with Crippen LogP contribution in [0.3, 0.4) is 0 Å². The van der Waals surface area contributed by atoms with E-state index in [-0.39, 0.29) is 5.91 Å². The second-order valence-corrected chi connectivity index (χ2v) is 10.4. The molecule has 0 spiro atoms. The topological polar surface area (TPSA) is 61.8 Å². The van der Waals surface area contributed by atoms with Gasteiger partial charge in [-0.25, -0.2) is 9.97 Å². The molecule has 3 heterocycles. The van der Waals surface area contributed by atoms with Gasteiger partial charge in [0.15, 0.2) is 5.16 Å². The largest absolute Gasteiger partial charge is 0.378 e.